The van der Waals surface area contributed by atoms with Gasteiger partial charge >= 0.3 is 0 Å². The Kier molecular flexibility index (Phi) is 5.40. The third kappa shape index (κ3) is 4.74. The third-order valence-corrected chi connectivity index (χ3v) is 3.64. The standard InChI is InChI=1S/C20H25NO/c1-16(18-11-7-8-12-19(18)21)13-20(2,3)15-22-14-17-9-5-4-6-10-17/h4-12H,1,13-15,21H2,2-3H3. The number of nitrogen functional groups attached to an aromatic ring is 1. The number of benzene rings is 2. The maximum atomic E-state index is 6.02. The van der Waals surface area contributed by atoms with Crippen molar-refractivity contribution in [2.75, 3.05) is 12.3 Å². The molecule has 0 amide bonds. The molecule has 2 nitrogen and oxygen atoms in total. The number of allylic oxidation sites excluding steroid dienone is 1. The van der Waals surface area contributed by atoms with Crippen LogP contribution >= 0.6 is 0 Å². The van der Waals surface area contributed by atoms with Gasteiger partial charge in [0.15, 0.2) is 0 Å². The molecular formula is C20H25NO. The number of hydrogen-bond acceptors (Lipinski definition) is 2. The minimum Gasteiger partial charge on any atom is -0.398 e. The fraction of sp³-hybridized carbons (Fsp3) is 0.300. The zero-order chi connectivity index (χ0) is 16.0. The Bertz CT molecular complexity index is 617. The first-order valence-corrected chi connectivity index (χ1v) is 7.62. The molecule has 0 saturated carbocycles. The van der Waals surface area contributed by atoms with E-state index in [9.17, 15) is 0 Å². The van der Waals surface area contributed by atoms with Crippen molar-refractivity contribution < 1.29 is 4.74 Å². The Morgan fingerprint density at radius 2 is 1.68 bits per heavy atom. The van der Waals surface area contributed by atoms with Crippen LogP contribution in [0.2, 0.25) is 0 Å². The molecule has 0 atom stereocenters. The molecule has 0 radical (unpaired) electrons. The monoisotopic (exact) mass is 295 g/mol. The minimum absolute atomic E-state index is 0.0220. The number of nitrogens with two attached hydrogens (primary N) is 1. The fourth-order valence-electron chi connectivity index (χ4n) is 2.56. The highest BCUT2D eigenvalue weighted by atomic mass is 16.5. The lowest BCUT2D eigenvalue weighted by atomic mass is 9.84. The lowest BCUT2D eigenvalue weighted by Gasteiger charge is -2.26. The van der Waals surface area contributed by atoms with Gasteiger partial charge in [-0.15, -0.1) is 0 Å². The molecule has 2 N–H and O–H groups in total. The van der Waals surface area contributed by atoms with E-state index in [4.69, 9.17) is 10.5 Å². The zero-order valence-corrected chi connectivity index (χ0v) is 13.5. The van der Waals surface area contributed by atoms with E-state index < -0.39 is 0 Å². The van der Waals surface area contributed by atoms with E-state index in [1.807, 2.05) is 42.5 Å². The summed E-state index contributed by atoms with van der Waals surface area (Å²) in [6.07, 6.45) is 0.857. The van der Waals surface area contributed by atoms with Crippen molar-refractivity contribution in [3.63, 3.8) is 0 Å². The van der Waals surface area contributed by atoms with Gasteiger partial charge in [-0.05, 0) is 29.0 Å². The van der Waals surface area contributed by atoms with Crippen LogP contribution in [-0.4, -0.2) is 6.61 Å². The zero-order valence-electron chi connectivity index (χ0n) is 13.5. The van der Waals surface area contributed by atoms with Crippen molar-refractivity contribution in [2.24, 2.45) is 5.41 Å². The molecule has 2 heteroatoms. The predicted octanol–water partition coefficient (Wildman–Crippen LogP) is 4.92. The summed E-state index contributed by atoms with van der Waals surface area (Å²) in [5, 5.41) is 0. The minimum atomic E-state index is 0.0220. The molecule has 22 heavy (non-hydrogen) atoms. The molecule has 2 rings (SSSR count). The molecule has 0 aromatic heterocycles. The van der Waals surface area contributed by atoms with E-state index in [2.05, 4.69) is 32.6 Å². The van der Waals surface area contributed by atoms with Crippen LogP contribution < -0.4 is 5.73 Å². The van der Waals surface area contributed by atoms with Crippen LogP contribution in [0.15, 0.2) is 61.2 Å². The summed E-state index contributed by atoms with van der Waals surface area (Å²) in [4.78, 5) is 0. The van der Waals surface area contributed by atoms with Crippen LogP contribution in [0, 0.1) is 5.41 Å². The van der Waals surface area contributed by atoms with Gasteiger partial charge in [0.05, 0.1) is 13.2 Å². The number of hydrogen-bond donors (Lipinski definition) is 1. The third-order valence-electron chi connectivity index (χ3n) is 3.64. The van der Waals surface area contributed by atoms with Crippen LogP contribution in [0.4, 0.5) is 5.69 Å². The molecule has 0 aliphatic rings. The molecule has 0 aliphatic heterocycles. The number of ether oxygens (including phenoxy) is 1. The van der Waals surface area contributed by atoms with E-state index in [-0.39, 0.29) is 5.41 Å². The van der Waals surface area contributed by atoms with Gasteiger partial charge in [0.2, 0.25) is 0 Å². The molecule has 0 saturated heterocycles. The van der Waals surface area contributed by atoms with Crippen LogP contribution in [0.3, 0.4) is 0 Å². The topological polar surface area (TPSA) is 35.2 Å². The Balaban J connectivity index is 1.88. The molecule has 2 aromatic rings. The first kappa shape index (κ1) is 16.3. The average Bonchev–Trinajstić information content (AvgIpc) is 2.48. The summed E-state index contributed by atoms with van der Waals surface area (Å²) in [5.41, 5.74) is 10.1. The molecule has 0 fully saturated rings. The maximum Gasteiger partial charge on any atom is 0.0717 e. The van der Waals surface area contributed by atoms with Gasteiger partial charge < -0.3 is 10.5 Å². The van der Waals surface area contributed by atoms with Gasteiger partial charge in [0, 0.05) is 11.3 Å². The quantitative estimate of drug-likeness (QED) is 0.736. The average molecular weight is 295 g/mol. The molecule has 0 aliphatic carbocycles. The lowest BCUT2D eigenvalue weighted by molar-refractivity contribution is 0.0537. The molecule has 0 heterocycles. The predicted molar refractivity (Wildman–Crippen MR) is 94.4 cm³/mol. The van der Waals surface area contributed by atoms with Crippen molar-refractivity contribution >= 4 is 11.3 Å². The van der Waals surface area contributed by atoms with E-state index >= 15 is 0 Å². The van der Waals surface area contributed by atoms with E-state index in [1.54, 1.807) is 0 Å². The largest absolute Gasteiger partial charge is 0.398 e. The van der Waals surface area contributed by atoms with Gasteiger partial charge in [0.25, 0.3) is 0 Å². The highest BCUT2D eigenvalue weighted by Crippen LogP contribution is 2.32. The van der Waals surface area contributed by atoms with Crippen molar-refractivity contribution in [1.29, 1.82) is 0 Å². The van der Waals surface area contributed by atoms with Crippen LogP contribution in [0.5, 0.6) is 0 Å². The Morgan fingerprint density at radius 3 is 2.36 bits per heavy atom. The molecule has 2 aromatic carbocycles. The maximum absolute atomic E-state index is 6.02. The SMILES string of the molecule is C=C(CC(C)(C)COCc1ccccc1)c1ccccc1N. The highest BCUT2D eigenvalue weighted by Gasteiger charge is 2.20. The summed E-state index contributed by atoms with van der Waals surface area (Å²) in [7, 11) is 0. The summed E-state index contributed by atoms with van der Waals surface area (Å²) < 4.78 is 5.88. The Hall–Kier alpha value is -2.06. The van der Waals surface area contributed by atoms with Crippen molar-refractivity contribution in [3.8, 4) is 0 Å². The van der Waals surface area contributed by atoms with Gasteiger partial charge in [0.1, 0.15) is 0 Å². The molecule has 0 bridgehead atoms. The summed E-state index contributed by atoms with van der Waals surface area (Å²) >= 11 is 0. The molecule has 0 unspecified atom stereocenters. The van der Waals surface area contributed by atoms with Gasteiger partial charge in [-0.3, -0.25) is 0 Å². The Labute approximate surface area is 133 Å². The van der Waals surface area contributed by atoms with Crippen LogP contribution in [0.25, 0.3) is 5.57 Å². The van der Waals surface area contributed by atoms with Crippen molar-refractivity contribution in [1.82, 2.24) is 0 Å². The Morgan fingerprint density at radius 1 is 1.05 bits per heavy atom. The molecule has 116 valence electrons. The van der Waals surface area contributed by atoms with E-state index in [0.29, 0.717) is 13.2 Å². The smallest absolute Gasteiger partial charge is 0.0717 e. The number of anilines is 1. The second kappa shape index (κ2) is 7.28. The van der Waals surface area contributed by atoms with Crippen LogP contribution in [-0.2, 0) is 11.3 Å². The van der Waals surface area contributed by atoms with Crippen LogP contribution in [0.1, 0.15) is 31.4 Å². The first-order chi connectivity index (χ1) is 10.5. The number of para-hydroxylation sites is 1. The van der Waals surface area contributed by atoms with Gasteiger partial charge in [-0.25, -0.2) is 0 Å². The van der Waals surface area contributed by atoms with Gasteiger partial charge in [-0.2, -0.15) is 0 Å². The van der Waals surface area contributed by atoms with Gasteiger partial charge in [-0.1, -0.05) is 69.0 Å². The fourth-order valence-corrected chi connectivity index (χ4v) is 2.56. The molecule has 0 spiro atoms. The lowest BCUT2D eigenvalue weighted by Crippen LogP contribution is -2.20. The second-order valence-electron chi connectivity index (χ2n) is 6.51. The first-order valence-electron chi connectivity index (χ1n) is 7.62. The van der Waals surface area contributed by atoms with Crippen molar-refractivity contribution in [3.05, 3.63) is 72.3 Å². The normalized spacial score (nSPS) is 11.4. The summed E-state index contributed by atoms with van der Waals surface area (Å²) in [6, 6.07) is 18.1. The van der Waals surface area contributed by atoms with Crippen molar-refractivity contribution in [2.45, 2.75) is 26.9 Å². The van der Waals surface area contributed by atoms with E-state index in [0.717, 1.165) is 23.2 Å². The second-order valence-corrected chi connectivity index (χ2v) is 6.51. The summed E-state index contributed by atoms with van der Waals surface area (Å²) in [6.45, 7) is 9.93. The van der Waals surface area contributed by atoms with E-state index in [1.165, 1.54) is 5.56 Å². The molecular weight excluding hydrogens is 270 g/mol. The number of rotatable bonds is 7. The summed E-state index contributed by atoms with van der Waals surface area (Å²) in [5.74, 6) is 0. The highest BCUT2D eigenvalue weighted by molar-refractivity contribution is 5.73.